The van der Waals surface area contributed by atoms with Crippen molar-refractivity contribution >= 4 is 27.5 Å². The van der Waals surface area contributed by atoms with E-state index in [0.717, 1.165) is 53.9 Å². The fourth-order valence-electron chi connectivity index (χ4n) is 4.88. The molecule has 0 radical (unpaired) electrons. The molecule has 3 aromatic rings. The van der Waals surface area contributed by atoms with Crippen molar-refractivity contribution in [1.82, 2.24) is 20.2 Å². The summed E-state index contributed by atoms with van der Waals surface area (Å²) in [5.41, 5.74) is 0.861. The first kappa shape index (κ1) is 23.0. The Hall–Kier alpha value is -2.72. The minimum atomic E-state index is -4.47. The van der Waals surface area contributed by atoms with Gasteiger partial charge in [-0.05, 0) is 54.6 Å². The fourth-order valence-corrected chi connectivity index (χ4v) is 5.59. The average Bonchev–Trinajstić information content (AvgIpc) is 3.38. The smallest absolute Gasteiger partial charge is 0.351 e. The highest BCUT2D eigenvalue weighted by Gasteiger charge is 2.47. The van der Waals surface area contributed by atoms with Crippen LogP contribution in [0.1, 0.15) is 42.4 Å². The van der Waals surface area contributed by atoms with E-state index in [1.807, 2.05) is 18.2 Å². The van der Waals surface area contributed by atoms with Crippen LogP contribution in [-0.4, -0.2) is 33.9 Å². The van der Waals surface area contributed by atoms with Gasteiger partial charge in [-0.2, -0.15) is 13.2 Å². The zero-order chi connectivity index (χ0) is 23.9. The van der Waals surface area contributed by atoms with Crippen LogP contribution in [0.25, 0.3) is 10.2 Å². The van der Waals surface area contributed by atoms with Gasteiger partial charge in [0, 0.05) is 32.0 Å². The second-order valence-electron chi connectivity index (χ2n) is 9.50. The van der Waals surface area contributed by atoms with Gasteiger partial charge in [0.25, 0.3) is 0 Å². The highest BCUT2D eigenvalue weighted by molar-refractivity contribution is 7.16. The fraction of sp³-hybridized carbons (Fsp3) is 0.458. The van der Waals surface area contributed by atoms with Gasteiger partial charge in [-0.3, -0.25) is 19.5 Å². The summed E-state index contributed by atoms with van der Waals surface area (Å²) in [6, 6.07) is 6.96. The molecule has 34 heavy (non-hydrogen) atoms. The number of benzene rings is 1. The molecule has 1 aliphatic heterocycles. The molecule has 5 rings (SSSR count). The van der Waals surface area contributed by atoms with Crippen LogP contribution >= 0.6 is 11.3 Å². The van der Waals surface area contributed by atoms with Crippen molar-refractivity contribution < 1.29 is 18.0 Å². The number of amides is 1. The molecule has 0 spiro atoms. The van der Waals surface area contributed by atoms with E-state index < -0.39 is 17.2 Å². The van der Waals surface area contributed by atoms with Crippen LogP contribution in [0.3, 0.4) is 0 Å². The highest BCUT2D eigenvalue weighted by Crippen LogP contribution is 2.45. The molecule has 1 saturated carbocycles. The molecule has 3 heterocycles. The monoisotopic (exact) mass is 490 g/mol. The lowest BCUT2D eigenvalue weighted by Gasteiger charge is -2.28. The van der Waals surface area contributed by atoms with Crippen LogP contribution in [0.5, 0.6) is 0 Å². The molecule has 1 atom stereocenters. The molecule has 1 amide bonds. The number of alkyl halides is 3. The van der Waals surface area contributed by atoms with Gasteiger partial charge in [0.1, 0.15) is 0 Å². The van der Waals surface area contributed by atoms with Crippen LogP contribution in [-0.2, 0) is 24.1 Å². The summed E-state index contributed by atoms with van der Waals surface area (Å²) in [7, 11) is 0. The Balaban J connectivity index is 1.27. The van der Waals surface area contributed by atoms with Crippen molar-refractivity contribution in [2.45, 2.75) is 44.9 Å². The summed E-state index contributed by atoms with van der Waals surface area (Å²) >= 11 is 1.18. The van der Waals surface area contributed by atoms with Crippen molar-refractivity contribution in [2.24, 2.45) is 11.3 Å². The third kappa shape index (κ3) is 5.02. The summed E-state index contributed by atoms with van der Waals surface area (Å²) < 4.78 is 39.9. The van der Waals surface area contributed by atoms with E-state index in [0.29, 0.717) is 31.0 Å². The van der Waals surface area contributed by atoms with E-state index in [9.17, 15) is 22.8 Å². The number of nitrogens with zero attached hydrogens (tertiary/aromatic N) is 2. The third-order valence-electron chi connectivity index (χ3n) is 6.76. The Morgan fingerprint density at radius 2 is 2.06 bits per heavy atom. The number of hydrogen-bond acceptors (Lipinski definition) is 5. The van der Waals surface area contributed by atoms with Gasteiger partial charge in [0.2, 0.25) is 5.91 Å². The van der Waals surface area contributed by atoms with Crippen molar-refractivity contribution in [3.05, 3.63) is 63.0 Å². The number of carbonyl (C=O) groups excluding carboxylic acids is 1. The lowest BCUT2D eigenvalue weighted by atomic mass is 9.80. The number of halogens is 3. The highest BCUT2D eigenvalue weighted by atomic mass is 32.1. The van der Waals surface area contributed by atoms with Gasteiger partial charge in [-0.25, -0.2) is 0 Å². The summed E-state index contributed by atoms with van der Waals surface area (Å²) in [5, 5.41) is 2.89. The van der Waals surface area contributed by atoms with Gasteiger partial charge in [0.05, 0.1) is 21.2 Å². The zero-order valence-corrected chi connectivity index (χ0v) is 19.3. The average molecular weight is 491 g/mol. The van der Waals surface area contributed by atoms with E-state index in [2.05, 4.69) is 20.2 Å². The summed E-state index contributed by atoms with van der Waals surface area (Å²) in [6.45, 7) is 2.06. The predicted molar refractivity (Wildman–Crippen MR) is 123 cm³/mol. The molecule has 2 aromatic heterocycles. The van der Waals surface area contributed by atoms with Crippen LogP contribution in [0.15, 0.2) is 41.5 Å². The van der Waals surface area contributed by atoms with Gasteiger partial charge >= 0.3 is 11.0 Å². The predicted octanol–water partition coefficient (Wildman–Crippen LogP) is 4.31. The number of aromatic amines is 1. The van der Waals surface area contributed by atoms with Crippen molar-refractivity contribution in [1.29, 1.82) is 0 Å². The SMILES string of the molecule is O=C(NCc1cncc(C(F)(F)F)c1)C1(CC2CC2)CCN(Cc2ccc3sc(=O)[nH]c3c2)C1. The maximum Gasteiger partial charge on any atom is 0.417 e. The Kier molecular flexibility index (Phi) is 5.97. The number of nitrogens with one attached hydrogen (secondary N) is 2. The minimum absolute atomic E-state index is 0.0182. The lowest BCUT2D eigenvalue weighted by molar-refractivity contribution is -0.137. The maximum atomic E-state index is 13.3. The molecule has 1 saturated heterocycles. The number of hydrogen-bond donors (Lipinski definition) is 2. The van der Waals surface area contributed by atoms with Crippen LogP contribution in [0.4, 0.5) is 13.2 Å². The summed E-state index contributed by atoms with van der Waals surface area (Å²) in [6.07, 6.45) is 1.43. The van der Waals surface area contributed by atoms with E-state index in [-0.39, 0.29) is 17.3 Å². The molecule has 1 aromatic carbocycles. The van der Waals surface area contributed by atoms with E-state index >= 15 is 0 Å². The minimum Gasteiger partial charge on any atom is -0.351 e. The second kappa shape index (κ2) is 8.81. The number of thiazole rings is 1. The molecule has 6 nitrogen and oxygen atoms in total. The first-order valence-corrected chi connectivity index (χ1v) is 12.2. The number of H-pyrrole nitrogens is 1. The molecule has 1 aliphatic carbocycles. The number of aromatic nitrogens is 2. The second-order valence-corrected chi connectivity index (χ2v) is 10.5. The zero-order valence-electron chi connectivity index (χ0n) is 18.5. The Morgan fingerprint density at radius 1 is 1.24 bits per heavy atom. The Labute approximate surface area is 198 Å². The van der Waals surface area contributed by atoms with Crippen LogP contribution in [0, 0.1) is 11.3 Å². The van der Waals surface area contributed by atoms with Gasteiger partial charge < -0.3 is 10.3 Å². The van der Waals surface area contributed by atoms with E-state index in [1.165, 1.54) is 17.5 Å². The molecule has 2 fully saturated rings. The molecule has 2 aliphatic rings. The van der Waals surface area contributed by atoms with Gasteiger partial charge in [-0.1, -0.05) is 30.2 Å². The van der Waals surface area contributed by atoms with Gasteiger partial charge in [-0.15, -0.1) is 0 Å². The number of likely N-dealkylation sites (tertiary alicyclic amines) is 1. The van der Waals surface area contributed by atoms with Crippen LogP contribution in [0.2, 0.25) is 0 Å². The number of pyridine rings is 1. The molecule has 2 N–H and O–H groups in total. The first-order chi connectivity index (χ1) is 16.2. The molecular formula is C24H25F3N4O2S. The molecule has 0 bridgehead atoms. The van der Waals surface area contributed by atoms with Crippen LogP contribution < -0.4 is 10.2 Å². The Morgan fingerprint density at radius 3 is 2.82 bits per heavy atom. The standard InChI is InChI=1S/C24H25F3N4O2S/c25-24(26,27)18-7-17(10-28-12-18)11-29-21(32)23(9-15-1-2-15)5-6-31(14-23)13-16-3-4-20-19(8-16)30-22(33)34-20/h3-4,7-8,10,12,15H,1-2,5-6,9,11,13-14H2,(H,29,32)(H,30,33). The number of fused-ring (bicyclic) bond motifs is 1. The summed E-state index contributed by atoms with van der Waals surface area (Å²) in [4.78, 5) is 33.6. The topological polar surface area (TPSA) is 78.1 Å². The van der Waals surface area contributed by atoms with Crippen molar-refractivity contribution in [3.8, 4) is 0 Å². The van der Waals surface area contributed by atoms with Crippen molar-refractivity contribution in [3.63, 3.8) is 0 Å². The number of rotatable bonds is 7. The largest absolute Gasteiger partial charge is 0.417 e. The molecule has 10 heteroatoms. The van der Waals surface area contributed by atoms with Gasteiger partial charge in [0.15, 0.2) is 0 Å². The molecule has 180 valence electrons. The molecular weight excluding hydrogens is 465 g/mol. The number of carbonyl (C=O) groups is 1. The third-order valence-corrected chi connectivity index (χ3v) is 7.62. The quantitative estimate of drug-likeness (QED) is 0.517. The lowest BCUT2D eigenvalue weighted by Crippen LogP contribution is -2.43. The summed E-state index contributed by atoms with van der Waals surface area (Å²) in [5.74, 6) is 0.435. The Bertz CT molecular complexity index is 1270. The van der Waals surface area contributed by atoms with E-state index in [4.69, 9.17) is 0 Å². The molecule has 1 unspecified atom stereocenters. The maximum absolute atomic E-state index is 13.3. The first-order valence-electron chi connectivity index (χ1n) is 11.3. The van der Waals surface area contributed by atoms with Crippen molar-refractivity contribution in [2.75, 3.05) is 13.1 Å². The normalized spacial score (nSPS) is 21.3. The van der Waals surface area contributed by atoms with E-state index in [1.54, 1.807) is 0 Å².